The molecule has 0 radical (unpaired) electrons. The Morgan fingerprint density at radius 3 is 2.50 bits per heavy atom. The minimum absolute atomic E-state index is 0.0816. The Bertz CT molecular complexity index is 477. The first kappa shape index (κ1) is 16.3. The average Bonchev–Trinajstić information content (AvgIpc) is 2.38. The lowest BCUT2D eigenvalue weighted by molar-refractivity contribution is -0.119. The molecule has 2 amide bonds. The van der Waals surface area contributed by atoms with Crippen LogP contribution in [0.3, 0.4) is 0 Å². The van der Waals surface area contributed by atoms with E-state index in [-0.39, 0.29) is 18.4 Å². The molecule has 0 saturated carbocycles. The molecule has 0 unspecified atom stereocenters. The Morgan fingerprint density at radius 1 is 1.30 bits per heavy atom. The van der Waals surface area contributed by atoms with Gasteiger partial charge >= 0.3 is 6.09 Å². The van der Waals surface area contributed by atoms with Crippen molar-refractivity contribution in [3.8, 4) is 0 Å². The van der Waals surface area contributed by atoms with Crippen LogP contribution in [0.5, 0.6) is 0 Å². The van der Waals surface area contributed by atoms with Gasteiger partial charge in [0.25, 0.3) is 0 Å². The number of anilines is 1. The molecule has 6 heteroatoms. The van der Waals surface area contributed by atoms with Crippen LogP contribution in [-0.2, 0) is 9.53 Å². The number of ether oxygens (including phenoxy) is 1. The van der Waals surface area contributed by atoms with Crippen molar-refractivity contribution in [2.24, 2.45) is 5.92 Å². The van der Waals surface area contributed by atoms with E-state index in [1.165, 1.54) is 0 Å². The van der Waals surface area contributed by atoms with Crippen LogP contribution in [0, 0.1) is 5.92 Å². The highest BCUT2D eigenvalue weighted by Crippen LogP contribution is 2.21. The topological polar surface area (TPSA) is 67.4 Å². The first-order valence-electron chi connectivity index (χ1n) is 6.44. The van der Waals surface area contributed by atoms with Crippen LogP contribution in [0.4, 0.5) is 10.5 Å². The smallest absolute Gasteiger partial charge is 0.407 e. The molecule has 0 fully saturated rings. The number of halogens is 1. The molecule has 0 aliphatic carbocycles. The van der Waals surface area contributed by atoms with Crippen molar-refractivity contribution in [3.05, 3.63) is 29.3 Å². The first-order chi connectivity index (χ1) is 9.45. The molecule has 0 aromatic heterocycles. The molecule has 1 aromatic carbocycles. The number of carbonyl (C=O) groups excluding carboxylic acids is 2. The van der Waals surface area contributed by atoms with Crippen LogP contribution in [0.1, 0.15) is 20.8 Å². The zero-order chi connectivity index (χ0) is 15.1. The van der Waals surface area contributed by atoms with Crippen molar-refractivity contribution >= 4 is 29.3 Å². The van der Waals surface area contributed by atoms with Crippen molar-refractivity contribution in [3.63, 3.8) is 0 Å². The molecule has 0 aliphatic rings. The van der Waals surface area contributed by atoms with Gasteiger partial charge in [-0.25, -0.2) is 4.79 Å². The lowest BCUT2D eigenvalue weighted by Crippen LogP contribution is -2.47. The summed E-state index contributed by atoms with van der Waals surface area (Å²) in [6, 6.07) is 6.23. The lowest BCUT2D eigenvalue weighted by Gasteiger charge is -2.21. The second-order valence-corrected chi connectivity index (χ2v) is 4.96. The van der Waals surface area contributed by atoms with Gasteiger partial charge in [-0.15, -0.1) is 0 Å². The summed E-state index contributed by atoms with van der Waals surface area (Å²) in [5, 5.41) is 5.68. The Hall–Kier alpha value is -1.75. The number of carbonyl (C=O) groups is 2. The molecule has 1 rings (SSSR count). The summed E-state index contributed by atoms with van der Waals surface area (Å²) in [7, 11) is 0. The van der Waals surface area contributed by atoms with Crippen molar-refractivity contribution < 1.29 is 14.3 Å². The average molecular weight is 299 g/mol. The van der Waals surface area contributed by atoms with E-state index in [2.05, 4.69) is 10.6 Å². The number of rotatable bonds is 5. The lowest BCUT2D eigenvalue weighted by atomic mass is 10.0. The third kappa shape index (κ3) is 4.74. The highest BCUT2D eigenvalue weighted by Gasteiger charge is 2.25. The van der Waals surface area contributed by atoms with Gasteiger partial charge in [0.05, 0.1) is 17.3 Å². The molecule has 0 saturated heterocycles. The second kappa shape index (κ2) is 7.75. The van der Waals surface area contributed by atoms with Crippen LogP contribution in [-0.4, -0.2) is 24.6 Å². The fourth-order valence-electron chi connectivity index (χ4n) is 1.61. The number of amides is 2. The predicted octanol–water partition coefficient (Wildman–Crippen LogP) is 3.05. The minimum Gasteiger partial charge on any atom is -0.450 e. The van der Waals surface area contributed by atoms with Gasteiger partial charge in [0.2, 0.25) is 5.91 Å². The third-order valence-electron chi connectivity index (χ3n) is 2.63. The Morgan fingerprint density at radius 2 is 1.95 bits per heavy atom. The highest BCUT2D eigenvalue weighted by atomic mass is 35.5. The van der Waals surface area contributed by atoms with E-state index in [9.17, 15) is 9.59 Å². The largest absolute Gasteiger partial charge is 0.450 e. The zero-order valence-electron chi connectivity index (χ0n) is 11.8. The second-order valence-electron chi connectivity index (χ2n) is 4.56. The van der Waals surface area contributed by atoms with E-state index in [0.717, 1.165) is 0 Å². The first-order valence-corrected chi connectivity index (χ1v) is 6.82. The molecule has 20 heavy (non-hydrogen) atoms. The van der Waals surface area contributed by atoms with Gasteiger partial charge in [-0.3, -0.25) is 4.79 Å². The molecular formula is C14H19ClN2O3. The number of hydrogen-bond donors (Lipinski definition) is 2. The number of para-hydroxylation sites is 1. The molecule has 2 N–H and O–H groups in total. The highest BCUT2D eigenvalue weighted by molar-refractivity contribution is 6.33. The van der Waals surface area contributed by atoms with Crippen LogP contribution >= 0.6 is 11.6 Å². The fraction of sp³-hybridized carbons (Fsp3) is 0.429. The summed E-state index contributed by atoms with van der Waals surface area (Å²) in [6.07, 6.45) is -0.611. The molecule has 1 atom stereocenters. The monoisotopic (exact) mass is 298 g/mol. The van der Waals surface area contributed by atoms with Gasteiger partial charge in [0.15, 0.2) is 0 Å². The van der Waals surface area contributed by atoms with Crippen molar-refractivity contribution in [2.45, 2.75) is 26.8 Å². The van der Waals surface area contributed by atoms with Crippen LogP contribution in [0.25, 0.3) is 0 Å². The van der Waals surface area contributed by atoms with E-state index in [4.69, 9.17) is 16.3 Å². The van der Waals surface area contributed by atoms with Gasteiger partial charge < -0.3 is 15.4 Å². The van der Waals surface area contributed by atoms with Gasteiger partial charge in [-0.2, -0.15) is 0 Å². The summed E-state index contributed by atoms with van der Waals surface area (Å²) < 4.78 is 4.79. The molecule has 110 valence electrons. The standard InChI is InChI=1S/C14H19ClN2O3/c1-4-20-14(19)17-12(9(2)3)13(18)16-11-8-6-5-7-10(11)15/h5-9,12H,4H2,1-3H3,(H,16,18)(H,17,19)/t12-/m1/s1. The van der Waals surface area contributed by atoms with Crippen LogP contribution < -0.4 is 10.6 Å². The van der Waals surface area contributed by atoms with Gasteiger partial charge in [-0.1, -0.05) is 37.6 Å². The van der Waals surface area contributed by atoms with E-state index in [1.54, 1.807) is 31.2 Å². The van der Waals surface area contributed by atoms with E-state index >= 15 is 0 Å². The van der Waals surface area contributed by atoms with Gasteiger partial charge in [0.1, 0.15) is 6.04 Å². The summed E-state index contributed by atoms with van der Waals surface area (Å²) in [4.78, 5) is 23.6. The van der Waals surface area contributed by atoms with Crippen LogP contribution in [0.15, 0.2) is 24.3 Å². The van der Waals surface area contributed by atoms with E-state index < -0.39 is 12.1 Å². The van der Waals surface area contributed by atoms with E-state index in [1.807, 2.05) is 13.8 Å². The Kier molecular flexibility index (Phi) is 6.31. The van der Waals surface area contributed by atoms with Gasteiger partial charge in [0, 0.05) is 0 Å². The maximum absolute atomic E-state index is 12.2. The van der Waals surface area contributed by atoms with Crippen molar-refractivity contribution in [1.29, 1.82) is 0 Å². The predicted molar refractivity (Wildman–Crippen MR) is 78.9 cm³/mol. The molecule has 0 heterocycles. The molecule has 1 aromatic rings. The van der Waals surface area contributed by atoms with Gasteiger partial charge in [-0.05, 0) is 25.0 Å². The third-order valence-corrected chi connectivity index (χ3v) is 2.96. The normalized spacial score (nSPS) is 11.8. The molecule has 0 bridgehead atoms. The number of benzene rings is 1. The minimum atomic E-state index is -0.690. The van der Waals surface area contributed by atoms with Crippen molar-refractivity contribution in [2.75, 3.05) is 11.9 Å². The number of hydrogen-bond acceptors (Lipinski definition) is 3. The number of nitrogens with one attached hydrogen (secondary N) is 2. The maximum atomic E-state index is 12.2. The summed E-state index contributed by atoms with van der Waals surface area (Å²) in [6.45, 7) is 5.63. The zero-order valence-corrected chi connectivity index (χ0v) is 12.5. The van der Waals surface area contributed by atoms with Crippen LogP contribution in [0.2, 0.25) is 5.02 Å². The summed E-state index contributed by atoms with van der Waals surface area (Å²) in [5.74, 6) is -0.414. The molecule has 5 nitrogen and oxygen atoms in total. The Labute approximate surface area is 123 Å². The molecule has 0 spiro atoms. The SMILES string of the molecule is CCOC(=O)N[C@@H](C(=O)Nc1ccccc1Cl)C(C)C. The Balaban J connectivity index is 2.75. The molecule has 0 aliphatic heterocycles. The quantitative estimate of drug-likeness (QED) is 0.878. The fourth-order valence-corrected chi connectivity index (χ4v) is 1.79. The van der Waals surface area contributed by atoms with Crippen molar-refractivity contribution in [1.82, 2.24) is 5.32 Å². The summed E-state index contributed by atoms with van der Waals surface area (Å²) in [5.41, 5.74) is 0.510. The summed E-state index contributed by atoms with van der Waals surface area (Å²) >= 11 is 5.98. The number of alkyl carbamates (subject to hydrolysis) is 1. The van der Waals surface area contributed by atoms with E-state index in [0.29, 0.717) is 10.7 Å². The maximum Gasteiger partial charge on any atom is 0.407 e. The molecular weight excluding hydrogens is 280 g/mol.